The average molecular weight is 294 g/mol. The van der Waals surface area contributed by atoms with Crippen molar-refractivity contribution in [1.82, 2.24) is 0 Å². The van der Waals surface area contributed by atoms with Crippen molar-refractivity contribution in [2.75, 3.05) is 20.8 Å². The molecule has 0 N–H and O–H groups in total. The Balaban J connectivity index is 2.19. The van der Waals surface area contributed by atoms with Crippen LogP contribution in [0.1, 0.15) is 51.0 Å². The molecule has 3 nitrogen and oxygen atoms in total. The standard InChI is InChI=1S/C18H30O3/c1-4-5-6-7-8-9-14-21-17-12-10-16(11-13-17)15-18(19-2)20-3/h10-13,18H,4-9,14-15H2,1-3H3. The van der Waals surface area contributed by atoms with E-state index in [4.69, 9.17) is 14.2 Å². The van der Waals surface area contributed by atoms with Crippen molar-refractivity contribution in [2.45, 2.75) is 58.2 Å². The van der Waals surface area contributed by atoms with E-state index >= 15 is 0 Å². The quantitative estimate of drug-likeness (QED) is 0.417. The minimum atomic E-state index is -0.181. The van der Waals surface area contributed by atoms with Crippen LogP contribution in [0, 0.1) is 0 Å². The Labute approximate surface area is 129 Å². The summed E-state index contributed by atoms with van der Waals surface area (Å²) in [5.41, 5.74) is 1.19. The van der Waals surface area contributed by atoms with Gasteiger partial charge in [0.2, 0.25) is 0 Å². The molecule has 0 radical (unpaired) electrons. The zero-order valence-corrected chi connectivity index (χ0v) is 13.8. The predicted molar refractivity (Wildman–Crippen MR) is 86.8 cm³/mol. The molecule has 0 aromatic heterocycles. The lowest BCUT2D eigenvalue weighted by Gasteiger charge is -2.13. The van der Waals surface area contributed by atoms with Crippen molar-refractivity contribution in [2.24, 2.45) is 0 Å². The van der Waals surface area contributed by atoms with Crippen LogP contribution in [0.25, 0.3) is 0 Å². The summed E-state index contributed by atoms with van der Waals surface area (Å²) in [5, 5.41) is 0. The van der Waals surface area contributed by atoms with E-state index in [0.29, 0.717) is 0 Å². The third-order valence-electron chi connectivity index (χ3n) is 3.62. The highest BCUT2D eigenvalue weighted by molar-refractivity contribution is 5.27. The number of unbranched alkanes of at least 4 members (excludes halogenated alkanes) is 5. The normalized spacial score (nSPS) is 11.0. The molecule has 1 rings (SSSR count). The first-order valence-electron chi connectivity index (χ1n) is 8.07. The van der Waals surface area contributed by atoms with Gasteiger partial charge in [-0.1, -0.05) is 51.2 Å². The lowest BCUT2D eigenvalue weighted by molar-refractivity contribution is -0.100. The number of hydrogen-bond donors (Lipinski definition) is 0. The summed E-state index contributed by atoms with van der Waals surface area (Å²) in [5.74, 6) is 0.943. The average Bonchev–Trinajstić information content (AvgIpc) is 2.53. The van der Waals surface area contributed by atoms with Crippen LogP contribution in [0.2, 0.25) is 0 Å². The van der Waals surface area contributed by atoms with Crippen LogP contribution in [-0.2, 0) is 15.9 Å². The van der Waals surface area contributed by atoms with Gasteiger partial charge in [-0.25, -0.2) is 0 Å². The Morgan fingerprint density at radius 1 is 0.857 bits per heavy atom. The maximum atomic E-state index is 5.76. The molecule has 0 fully saturated rings. The highest BCUT2D eigenvalue weighted by Crippen LogP contribution is 2.15. The molecule has 0 aliphatic carbocycles. The van der Waals surface area contributed by atoms with Crippen molar-refractivity contribution in [3.63, 3.8) is 0 Å². The lowest BCUT2D eigenvalue weighted by atomic mass is 10.1. The third kappa shape index (κ3) is 8.08. The number of methoxy groups -OCH3 is 2. The van der Waals surface area contributed by atoms with Crippen LogP contribution in [0.4, 0.5) is 0 Å². The summed E-state index contributed by atoms with van der Waals surface area (Å²) in [6.45, 7) is 3.05. The van der Waals surface area contributed by atoms with Crippen LogP contribution in [0.3, 0.4) is 0 Å². The van der Waals surface area contributed by atoms with Gasteiger partial charge in [-0.05, 0) is 24.1 Å². The van der Waals surface area contributed by atoms with Crippen molar-refractivity contribution in [3.8, 4) is 5.75 Å². The first-order chi connectivity index (χ1) is 10.3. The fraction of sp³-hybridized carbons (Fsp3) is 0.667. The smallest absolute Gasteiger partial charge is 0.160 e. The van der Waals surface area contributed by atoms with Gasteiger partial charge in [0.05, 0.1) is 6.61 Å². The van der Waals surface area contributed by atoms with Crippen LogP contribution in [0.15, 0.2) is 24.3 Å². The molecule has 1 aromatic carbocycles. The Morgan fingerprint density at radius 2 is 1.48 bits per heavy atom. The first-order valence-corrected chi connectivity index (χ1v) is 8.07. The molecule has 21 heavy (non-hydrogen) atoms. The molecule has 0 atom stereocenters. The molecule has 0 spiro atoms. The Hall–Kier alpha value is -1.06. The molecule has 0 aliphatic rings. The van der Waals surface area contributed by atoms with E-state index in [0.717, 1.165) is 25.2 Å². The largest absolute Gasteiger partial charge is 0.494 e. The Kier molecular flexibility index (Phi) is 9.92. The summed E-state index contributed by atoms with van der Waals surface area (Å²) in [6.07, 6.45) is 8.31. The summed E-state index contributed by atoms with van der Waals surface area (Å²) in [7, 11) is 3.32. The SMILES string of the molecule is CCCCCCCCOc1ccc(CC(OC)OC)cc1. The lowest BCUT2D eigenvalue weighted by Crippen LogP contribution is -2.15. The van der Waals surface area contributed by atoms with Crippen molar-refractivity contribution >= 4 is 0 Å². The second-order valence-corrected chi connectivity index (χ2v) is 5.37. The second-order valence-electron chi connectivity index (χ2n) is 5.37. The topological polar surface area (TPSA) is 27.7 Å². The van der Waals surface area contributed by atoms with E-state index in [1.807, 2.05) is 12.1 Å². The number of benzene rings is 1. The van der Waals surface area contributed by atoms with Crippen molar-refractivity contribution in [1.29, 1.82) is 0 Å². The fourth-order valence-corrected chi connectivity index (χ4v) is 2.25. The van der Waals surface area contributed by atoms with Gasteiger partial charge >= 0.3 is 0 Å². The first kappa shape index (κ1) is 18.0. The highest BCUT2D eigenvalue weighted by Gasteiger charge is 2.06. The van der Waals surface area contributed by atoms with Gasteiger partial charge < -0.3 is 14.2 Å². The molecule has 0 aliphatic heterocycles. The van der Waals surface area contributed by atoms with Crippen LogP contribution in [0.5, 0.6) is 5.75 Å². The van der Waals surface area contributed by atoms with E-state index in [1.54, 1.807) is 14.2 Å². The third-order valence-corrected chi connectivity index (χ3v) is 3.62. The summed E-state index contributed by atoms with van der Waals surface area (Å²) in [6, 6.07) is 8.19. The molecule has 0 bridgehead atoms. The zero-order chi connectivity index (χ0) is 15.3. The molecule has 3 heteroatoms. The monoisotopic (exact) mass is 294 g/mol. The van der Waals surface area contributed by atoms with E-state index in [-0.39, 0.29) is 6.29 Å². The second kappa shape index (κ2) is 11.6. The van der Waals surface area contributed by atoms with E-state index in [9.17, 15) is 0 Å². The molecule has 120 valence electrons. The van der Waals surface area contributed by atoms with Crippen LogP contribution in [-0.4, -0.2) is 27.1 Å². The van der Waals surface area contributed by atoms with E-state index < -0.39 is 0 Å². The Bertz CT molecular complexity index is 344. The van der Waals surface area contributed by atoms with Gasteiger partial charge in [-0.3, -0.25) is 0 Å². The number of rotatable bonds is 12. The fourth-order valence-electron chi connectivity index (χ4n) is 2.25. The molecule has 1 aromatic rings. The van der Waals surface area contributed by atoms with Gasteiger partial charge in [-0.15, -0.1) is 0 Å². The molecule has 0 unspecified atom stereocenters. The molecular weight excluding hydrogens is 264 g/mol. The van der Waals surface area contributed by atoms with Gasteiger partial charge in [-0.2, -0.15) is 0 Å². The molecular formula is C18H30O3. The van der Waals surface area contributed by atoms with Crippen molar-refractivity contribution in [3.05, 3.63) is 29.8 Å². The van der Waals surface area contributed by atoms with Gasteiger partial charge in [0.1, 0.15) is 5.75 Å². The van der Waals surface area contributed by atoms with Crippen LogP contribution < -0.4 is 4.74 Å². The summed E-state index contributed by atoms with van der Waals surface area (Å²) in [4.78, 5) is 0. The summed E-state index contributed by atoms with van der Waals surface area (Å²) < 4.78 is 16.2. The maximum absolute atomic E-state index is 5.76. The number of ether oxygens (including phenoxy) is 3. The molecule has 0 saturated heterocycles. The highest BCUT2D eigenvalue weighted by atomic mass is 16.7. The van der Waals surface area contributed by atoms with Crippen molar-refractivity contribution < 1.29 is 14.2 Å². The predicted octanol–water partition coefficient (Wildman–Crippen LogP) is 4.59. The molecule has 0 amide bonds. The number of hydrogen-bond acceptors (Lipinski definition) is 3. The molecule has 0 saturated carbocycles. The minimum absolute atomic E-state index is 0.181. The zero-order valence-electron chi connectivity index (χ0n) is 13.8. The van der Waals surface area contributed by atoms with Gasteiger partial charge in [0.15, 0.2) is 6.29 Å². The van der Waals surface area contributed by atoms with Gasteiger partial charge in [0, 0.05) is 20.6 Å². The minimum Gasteiger partial charge on any atom is -0.494 e. The summed E-state index contributed by atoms with van der Waals surface area (Å²) >= 11 is 0. The van der Waals surface area contributed by atoms with Gasteiger partial charge in [0.25, 0.3) is 0 Å². The van der Waals surface area contributed by atoms with Crippen LogP contribution >= 0.6 is 0 Å². The molecule has 0 heterocycles. The Morgan fingerprint density at radius 3 is 2.10 bits per heavy atom. The van der Waals surface area contributed by atoms with E-state index in [1.165, 1.54) is 37.7 Å². The maximum Gasteiger partial charge on any atom is 0.160 e. The van der Waals surface area contributed by atoms with E-state index in [2.05, 4.69) is 19.1 Å².